The van der Waals surface area contributed by atoms with Crippen LogP contribution < -0.4 is 5.32 Å². The molecule has 2 N–H and O–H groups in total. The van der Waals surface area contributed by atoms with Crippen LogP contribution in [0.1, 0.15) is 40.0 Å². The maximum absolute atomic E-state index is 11.5. The number of carbonyl (C=O) groups is 1. The maximum Gasteiger partial charge on any atom is 0.407 e. The molecule has 1 saturated heterocycles. The number of carbonyl (C=O) groups excluding carboxylic acids is 1. The lowest BCUT2D eigenvalue weighted by Crippen LogP contribution is -2.37. The van der Waals surface area contributed by atoms with Crippen molar-refractivity contribution in [2.75, 3.05) is 26.4 Å². The van der Waals surface area contributed by atoms with Gasteiger partial charge in [0.25, 0.3) is 0 Å². The first kappa shape index (κ1) is 16.2. The summed E-state index contributed by atoms with van der Waals surface area (Å²) < 4.78 is 10.6. The molecule has 1 heterocycles. The number of rotatable bonds is 5. The Morgan fingerprint density at radius 2 is 2.26 bits per heavy atom. The average Bonchev–Trinajstić information content (AvgIpc) is 2.33. The molecule has 0 radical (unpaired) electrons. The molecule has 0 aliphatic carbocycles. The van der Waals surface area contributed by atoms with E-state index in [1.54, 1.807) is 0 Å². The molecule has 0 aromatic heterocycles. The molecule has 2 unspecified atom stereocenters. The second-order valence-electron chi connectivity index (χ2n) is 6.25. The third-order valence-corrected chi connectivity index (χ3v) is 3.11. The standard InChI is InChI=1S/C14H27NO4/c1-14(2,3)19-13(17)15-8-12(9-16)7-11-5-4-6-18-10-11/h11-12,16H,4-10H2,1-3H3,(H,15,17). The summed E-state index contributed by atoms with van der Waals surface area (Å²) in [7, 11) is 0. The van der Waals surface area contributed by atoms with Gasteiger partial charge in [-0.2, -0.15) is 0 Å². The van der Waals surface area contributed by atoms with Crippen molar-refractivity contribution in [2.24, 2.45) is 11.8 Å². The predicted molar refractivity (Wildman–Crippen MR) is 73.0 cm³/mol. The SMILES string of the molecule is CC(C)(C)OC(=O)NCC(CO)CC1CCCOC1. The normalized spacial score (nSPS) is 21.8. The van der Waals surface area contributed by atoms with Crippen LogP contribution in [0.4, 0.5) is 4.79 Å². The van der Waals surface area contributed by atoms with Gasteiger partial charge < -0.3 is 19.9 Å². The fourth-order valence-electron chi connectivity index (χ4n) is 2.23. The summed E-state index contributed by atoms with van der Waals surface area (Å²) in [5, 5.41) is 12.1. The zero-order valence-electron chi connectivity index (χ0n) is 12.3. The number of nitrogens with one attached hydrogen (secondary N) is 1. The Balaban J connectivity index is 2.25. The van der Waals surface area contributed by atoms with Crippen LogP contribution in [0.25, 0.3) is 0 Å². The molecule has 112 valence electrons. The third-order valence-electron chi connectivity index (χ3n) is 3.11. The van der Waals surface area contributed by atoms with E-state index in [9.17, 15) is 9.90 Å². The topological polar surface area (TPSA) is 67.8 Å². The second-order valence-corrected chi connectivity index (χ2v) is 6.25. The van der Waals surface area contributed by atoms with E-state index in [-0.39, 0.29) is 12.5 Å². The van der Waals surface area contributed by atoms with E-state index in [1.807, 2.05) is 20.8 Å². The fourth-order valence-corrected chi connectivity index (χ4v) is 2.23. The van der Waals surface area contributed by atoms with Crippen molar-refractivity contribution in [3.63, 3.8) is 0 Å². The Morgan fingerprint density at radius 1 is 1.53 bits per heavy atom. The van der Waals surface area contributed by atoms with Crippen molar-refractivity contribution in [1.82, 2.24) is 5.32 Å². The van der Waals surface area contributed by atoms with Crippen LogP contribution >= 0.6 is 0 Å². The second kappa shape index (κ2) is 7.70. The molecular weight excluding hydrogens is 246 g/mol. The number of amides is 1. The van der Waals surface area contributed by atoms with E-state index in [1.165, 1.54) is 0 Å². The zero-order chi connectivity index (χ0) is 14.3. The van der Waals surface area contributed by atoms with Crippen LogP contribution in [0.5, 0.6) is 0 Å². The summed E-state index contributed by atoms with van der Waals surface area (Å²) in [6.07, 6.45) is 2.68. The van der Waals surface area contributed by atoms with Gasteiger partial charge >= 0.3 is 6.09 Å². The van der Waals surface area contributed by atoms with Gasteiger partial charge in [-0.25, -0.2) is 4.79 Å². The molecule has 1 amide bonds. The molecule has 1 fully saturated rings. The summed E-state index contributed by atoms with van der Waals surface area (Å²) in [5.41, 5.74) is -0.490. The average molecular weight is 273 g/mol. The fraction of sp³-hybridized carbons (Fsp3) is 0.929. The van der Waals surface area contributed by atoms with E-state index in [2.05, 4.69) is 5.32 Å². The molecule has 1 rings (SSSR count). The highest BCUT2D eigenvalue weighted by molar-refractivity contribution is 5.67. The Labute approximate surface area is 115 Å². The lowest BCUT2D eigenvalue weighted by Gasteiger charge is -2.26. The Hall–Kier alpha value is -0.810. The maximum atomic E-state index is 11.5. The number of alkyl carbamates (subject to hydrolysis) is 1. The number of hydrogen-bond donors (Lipinski definition) is 2. The lowest BCUT2D eigenvalue weighted by molar-refractivity contribution is 0.0372. The van der Waals surface area contributed by atoms with Crippen LogP contribution in [0.15, 0.2) is 0 Å². The Morgan fingerprint density at radius 3 is 2.79 bits per heavy atom. The Bertz CT molecular complexity index is 269. The van der Waals surface area contributed by atoms with E-state index < -0.39 is 11.7 Å². The molecule has 0 saturated carbocycles. The molecule has 0 bridgehead atoms. The van der Waals surface area contributed by atoms with E-state index in [0.717, 1.165) is 32.5 Å². The lowest BCUT2D eigenvalue weighted by atomic mass is 9.91. The first-order chi connectivity index (χ1) is 8.90. The van der Waals surface area contributed by atoms with Crippen molar-refractivity contribution in [3.8, 4) is 0 Å². The molecule has 0 aromatic rings. The quantitative estimate of drug-likeness (QED) is 0.803. The number of ether oxygens (including phenoxy) is 2. The molecule has 5 heteroatoms. The molecule has 2 atom stereocenters. The van der Waals surface area contributed by atoms with E-state index in [0.29, 0.717) is 12.5 Å². The number of aliphatic hydroxyl groups excluding tert-OH is 1. The van der Waals surface area contributed by atoms with Gasteiger partial charge in [-0.15, -0.1) is 0 Å². The minimum Gasteiger partial charge on any atom is -0.444 e. The largest absolute Gasteiger partial charge is 0.444 e. The molecule has 5 nitrogen and oxygen atoms in total. The minimum atomic E-state index is -0.490. The monoisotopic (exact) mass is 273 g/mol. The van der Waals surface area contributed by atoms with Gasteiger partial charge in [-0.05, 0) is 51.9 Å². The first-order valence-electron chi connectivity index (χ1n) is 7.06. The van der Waals surface area contributed by atoms with Gasteiger partial charge in [0.05, 0.1) is 0 Å². The molecular formula is C14H27NO4. The zero-order valence-corrected chi connectivity index (χ0v) is 12.3. The van der Waals surface area contributed by atoms with Crippen molar-refractivity contribution < 1.29 is 19.4 Å². The summed E-state index contributed by atoms with van der Waals surface area (Å²) in [6, 6.07) is 0. The van der Waals surface area contributed by atoms with Crippen LogP contribution in [-0.4, -0.2) is 43.2 Å². The van der Waals surface area contributed by atoms with Gasteiger partial charge in [0.1, 0.15) is 5.60 Å². The van der Waals surface area contributed by atoms with Crippen molar-refractivity contribution in [2.45, 2.75) is 45.6 Å². The summed E-state index contributed by atoms with van der Waals surface area (Å²) in [4.78, 5) is 11.5. The van der Waals surface area contributed by atoms with Crippen LogP contribution in [-0.2, 0) is 9.47 Å². The molecule has 0 spiro atoms. The number of aliphatic hydroxyl groups is 1. The first-order valence-corrected chi connectivity index (χ1v) is 7.06. The van der Waals surface area contributed by atoms with Gasteiger partial charge in [0.15, 0.2) is 0 Å². The minimum absolute atomic E-state index is 0.0687. The van der Waals surface area contributed by atoms with E-state index in [4.69, 9.17) is 9.47 Å². The van der Waals surface area contributed by atoms with Crippen molar-refractivity contribution >= 4 is 6.09 Å². The highest BCUT2D eigenvalue weighted by Gasteiger charge is 2.21. The van der Waals surface area contributed by atoms with Gasteiger partial charge in [0.2, 0.25) is 0 Å². The number of hydrogen-bond acceptors (Lipinski definition) is 4. The smallest absolute Gasteiger partial charge is 0.407 e. The molecule has 1 aliphatic heterocycles. The highest BCUT2D eigenvalue weighted by atomic mass is 16.6. The van der Waals surface area contributed by atoms with Crippen LogP contribution in [0.2, 0.25) is 0 Å². The molecule has 1 aliphatic rings. The van der Waals surface area contributed by atoms with Crippen molar-refractivity contribution in [1.29, 1.82) is 0 Å². The summed E-state index contributed by atoms with van der Waals surface area (Å²) in [5.74, 6) is 0.561. The summed E-state index contributed by atoms with van der Waals surface area (Å²) >= 11 is 0. The van der Waals surface area contributed by atoms with Gasteiger partial charge in [-0.1, -0.05) is 0 Å². The third kappa shape index (κ3) is 7.38. The summed E-state index contributed by atoms with van der Waals surface area (Å²) in [6.45, 7) is 7.62. The molecule has 0 aromatic carbocycles. The van der Waals surface area contributed by atoms with Gasteiger partial charge in [0, 0.05) is 26.4 Å². The predicted octanol–water partition coefficient (Wildman–Crippen LogP) is 1.94. The van der Waals surface area contributed by atoms with Gasteiger partial charge in [-0.3, -0.25) is 0 Å². The van der Waals surface area contributed by atoms with E-state index >= 15 is 0 Å². The van der Waals surface area contributed by atoms with Crippen molar-refractivity contribution in [3.05, 3.63) is 0 Å². The van der Waals surface area contributed by atoms with Crippen LogP contribution in [0.3, 0.4) is 0 Å². The van der Waals surface area contributed by atoms with Crippen LogP contribution in [0, 0.1) is 11.8 Å². The highest BCUT2D eigenvalue weighted by Crippen LogP contribution is 2.21. The molecule has 19 heavy (non-hydrogen) atoms. The Kier molecular flexibility index (Phi) is 6.58.